The van der Waals surface area contributed by atoms with Crippen LogP contribution >= 0.6 is 0 Å². The molecule has 0 aliphatic carbocycles. The Morgan fingerprint density at radius 2 is 0.770 bits per heavy atom. The lowest BCUT2D eigenvalue weighted by atomic mass is 10.0. The van der Waals surface area contributed by atoms with Crippen molar-refractivity contribution in [3.05, 3.63) is 122 Å². The van der Waals surface area contributed by atoms with E-state index in [0.717, 1.165) is 109 Å². The molecular weight excluding hydrogens is 923 g/mol. The van der Waals surface area contributed by atoms with Gasteiger partial charge in [-0.25, -0.2) is 4.79 Å². The first kappa shape index (κ1) is 69.7. The summed E-state index contributed by atoms with van der Waals surface area (Å²) in [5.74, 6) is -2.05. The second kappa shape index (κ2) is 54.9. The number of allylic oxidation sites excluding steroid dienone is 20. The van der Waals surface area contributed by atoms with Gasteiger partial charge in [-0.3, -0.25) is 9.59 Å². The number of aliphatic carboxylic acids is 1. The van der Waals surface area contributed by atoms with E-state index in [1.165, 1.54) is 70.6 Å². The first-order valence-corrected chi connectivity index (χ1v) is 29.2. The molecule has 0 radical (unpaired) electrons. The van der Waals surface area contributed by atoms with Crippen LogP contribution in [0.25, 0.3) is 0 Å². The number of ether oxygens (including phenoxy) is 4. The van der Waals surface area contributed by atoms with Crippen LogP contribution < -0.4 is 0 Å². The van der Waals surface area contributed by atoms with Crippen molar-refractivity contribution >= 4 is 17.9 Å². The van der Waals surface area contributed by atoms with Crippen LogP contribution in [0.4, 0.5) is 0 Å². The molecule has 0 aromatic heterocycles. The molecule has 0 rings (SSSR count). The highest BCUT2D eigenvalue weighted by molar-refractivity contribution is 5.71. The zero-order valence-corrected chi connectivity index (χ0v) is 47.7. The number of hydrogen-bond donors (Lipinski definition) is 1. The first-order chi connectivity index (χ1) is 36.1. The van der Waals surface area contributed by atoms with Gasteiger partial charge in [0.1, 0.15) is 13.2 Å². The number of carboxylic acid groups (broad SMARTS) is 1. The summed E-state index contributed by atoms with van der Waals surface area (Å²) in [6.07, 6.45) is 74.2. The van der Waals surface area contributed by atoms with Gasteiger partial charge in [-0.15, -0.1) is 0 Å². The van der Waals surface area contributed by atoms with Gasteiger partial charge in [0.25, 0.3) is 6.29 Å². The zero-order chi connectivity index (χ0) is 54.1. The molecule has 9 nitrogen and oxygen atoms in total. The lowest BCUT2D eigenvalue weighted by Crippen LogP contribution is -2.40. The Balaban J connectivity index is 4.29. The SMILES string of the molecule is CC/C=C\C/C=C\C/C=C\C/C=C\C/C=C\C/C=C\C/C=C\C/C=C\C/C=C\C/C=C\CCCCCCC(=O)OC(COC(=O)CCCCCCCCCCCCCCCC)COC(OCC[N+](C)(C)C)C(=O)O. The number of unbranched alkanes of at least 4 members (excludes halogenated alkanes) is 17. The third kappa shape index (κ3) is 55.4. The summed E-state index contributed by atoms with van der Waals surface area (Å²) in [5.41, 5.74) is 0. The van der Waals surface area contributed by atoms with Gasteiger partial charge in [-0.05, 0) is 89.9 Å². The molecule has 0 spiro atoms. The Morgan fingerprint density at radius 3 is 1.15 bits per heavy atom. The largest absolute Gasteiger partial charge is 0.477 e. The lowest BCUT2D eigenvalue weighted by Gasteiger charge is -2.25. The monoisotopic (exact) mass is 1030 g/mol. The van der Waals surface area contributed by atoms with E-state index in [1.807, 2.05) is 21.1 Å². The highest BCUT2D eigenvalue weighted by Crippen LogP contribution is 2.15. The standard InChI is InChI=1S/C65H107NO8/c1-6-8-10-12-14-16-18-20-22-23-24-25-26-27-28-29-30-31-32-33-34-35-36-37-38-39-40-41-42-44-46-48-50-52-54-56-63(68)74-61(60-73-65(64(69)70)71-58-57-66(3,4)5)59-72-62(67)55-53-51-49-47-45-43-21-19-17-15-13-11-9-7-2/h8,10,14,16,20,22,24-25,27-28,30-31,33-34,36-37,39-40,42,44,61,65H,6-7,9,11-13,15,17-19,21,23,26,29,32,35,38,41,43,45-60H2,1-5H3/p+1/b10-8-,16-14-,22-20-,25-24-,28-27-,31-30-,34-33-,37-36-,40-39-,44-42-. The molecule has 2 atom stereocenters. The maximum atomic E-state index is 12.9. The molecule has 0 aliphatic heterocycles. The predicted octanol–water partition coefficient (Wildman–Crippen LogP) is 17.3. The van der Waals surface area contributed by atoms with Gasteiger partial charge in [-0.2, -0.15) is 0 Å². The highest BCUT2D eigenvalue weighted by Gasteiger charge is 2.25. The first-order valence-electron chi connectivity index (χ1n) is 29.2. The van der Waals surface area contributed by atoms with Crippen LogP contribution in [0.2, 0.25) is 0 Å². The Bertz CT molecular complexity index is 1620. The molecular formula is C65H108NO8+. The van der Waals surface area contributed by atoms with Crippen molar-refractivity contribution in [1.29, 1.82) is 0 Å². The highest BCUT2D eigenvalue weighted by atomic mass is 16.7. The molecule has 0 saturated heterocycles. The predicted molar refractivity (Wildman–Crippen MR) is 313 cm³/mol. The molecule has 0 aromatic rings. The lowest BCUT2D eigenvalue weighted by molar-refractivity contribution is -0.870. The summed E-state index contributed by atoms with van der Waals surface area (Å²) in [6, 6.07) is 0. The molecule has 0 heterocycles. The van der Waals surface area contributed by atoms with Crippen molar-refractivity contribution in [1.82, 2.24) is 0 Å². The van der Waals surface area contributed by atoms with E-state index >= 15 is 0 Å². The summed E-state index contributed by atoms with van der Waals surface area (Å²) in [6.45, 7) is 4.72. The van der Waals surface area contributed by atoms with E-state index in [0.29, 0.717) is 23.9 Å². The van der Waals surface area contributed by atoms with Gasteiger partial charge in [0.05, 0.1) is 34.4 Å². The average Bonchev–Trinajstić information content (AvgIpc) is 3.37. The van der Waals surface area contributed by atoms with Crippen molar-refractivity contribution in [2.75, 3.05) is 47.5 Å². The molecule has 2 unspecified atom stereocenters. The number of rotatable bonds is 52. The quantitative estimate of drug-likeness (QED) is 0.0211. The van der Waals surface area contributed by atoms with Gasteiger partial charge < -0.3 is 28.5 Å². The molecule has 0 amide bonds. The van der Waals surface area contributed by atoms with Crippen LogP contribution in [0.1, 0.15) is 213 Å². The molecule has 0 fully saturated rings. The number of carboxylic acids is 1. The fourth-order valence-corrected chi connectivity index (χ4v) is 7.51. The van der Waals surface area contributed by atoms with Crippen molar-refractivity contribution in [3.63, 3.8) is 0 Å². The average molecular weight is 1030 g/mol. The minimum absolute atomic E-state index is 0.177. The van der Waals surface area contributed by atoms with Crippen molar-refractivity contribution in [3.8, 4) is 0 Å². The molecule has 1 N–H and O–H groups in total. The fraction of sp³-hybridized carbons (Fsp3) is 0.646. The van der Waals surface area contributed by atoms with Gasteiger partial charge >= 0.3 is 17.9 Å². The molecule has 0 bridgehead atoms. The third-order valence-electron chi connectivity index (χ3n) is 12.0. The van der Waals surface area contributed by atoms with Gasteiger partial charge in [-0.1, -0.05) is 232 Å². The fourth-order valence-electron chi connectivity index (χ4n) is 7.51. The number of esters is 2. The Morgan fingerprint density at radius 1 is 0.419 bits per heavy atom. The van der Waals surface area contributed by atoms with E-state index in [-0.39, 0.29) is 32.2 Å². The molecule has 0 aromatic carbocycles. The van der Waals surface area contributed by atoms with E-state index in [4.69, 9.17) is 18.9 Å². The van der Waals surface area contributed by atoms with Crippen LogP contribution in [0, 0.1) is 0 Å². The minimum Gasteiger partial charge on any atom is -0.477 e. The minimum atomic E-state index is -1.52. The van der Waals surface area contributed by atoms with Gasteiger partial charge in [0, 0.05) is 12.8 Å². The number of nitrogens with zero attached hydrogens (tertiary/aromatic N) is 1. The summed E-state index contributed by atoms with van der Waals surface area (Å²) in [4.78, 5) is 37.3. The normalized spacial score (nSPS) is 13.7. The summed E-state index contributed by atoms with van der Waals surface area (Å²) < 4.78 is 22.8. The van der Waals surface area contributed by atoms with E-state index in [1.54, 1.807) is 0 Å². The van der Waals surface area contributed by atoms with Crippen LogP contribution in [-0.2, 0) is 33.3 Å². The molecule has 420 valence electrons. The van der Waals surface area contributed by atoms with E-state index in [2.05, 4.69) is 135 Å². The molecule has 74 heavy (non-hydrogen) atoms. The van der Waals surface area contributed by atoms with E-state index < -0.39 is 24.3 Å². The smallest absolute Gasteiger partial charge is 0.361 e. The van der Waals surface area contributed by atoms with Crippen LogP contribution in [-0.4, -0.2) is 87.4 Å². The topological polar surface area (TPSA) is 108 Å². The number of hydrogen-bond acceptors (Lipinski definition) is 7. The van der Waals surface area contributed by atoms with Gasteiger partial charge in [0.2, 0.25) is 0 Å². The molecule has 0 saturated carbocycles. The maximum Gasteiger partial charge on any atom is 0.361 e. The van der Waals surface area contributed by atoms with Crippen LogP contribution in [0.5, 0.6) is 0 Å². The number of carbonyl (C=O) groups is 3. The van der Waals surface area contributed by atoms with Crippen LogP contribution in [0.3, 0.4) is 0 Å². The number of carbonyl (C=O) groups excluding carboxylic acids is 2. The number of quaternary nitrogens is 1. The Labute approximate surface area is 453 Å². The Hall–Kier alpha value is -4.31. The second-order valence-electron chi connectivity index (χ2n) is 20.2. The molecule has 9 heteroatoms. The van der Waals surface area contributed by atoms with Gasteiger partial charge in [0.15, 0.2) is 6.10 Å². The van der Waals surface area contributed by atoms with E-state index in [9.17, 15) is 19.5 Å². The summed E-state index contributed by atoms with van der Waals surface area (Å²) in [7, 11) is 5.95. The number of likely N-dealkylation sites (N-methyl/N-ethyl adjacent to an activating group) is 1. The van der Waals surface area contributed by atoms with Crippen molar-refractivity contribution in [2.24, 2.45) is 0 Å². The summed E-state index contributed by atoms with van der Waals surface area (Å²) >= 11 is 0. The zero-order valence-electron chi connectivity index (χ0n) is 47.7. The third-order valence-corrected chi connectivity index (χ3v) is 12.0. The molecule has 0 aliphatic rings. The maximum absolute atomic E-state index is 12.9. The summed E-state index contributed by atoms with van der Waals surface area (Å²) in [5, 5.41) is 9.69. The van der Waals surface area contributed by atoms with Crippen LogP contribution in [0.15, 0.2) is 122 Å². The Kier molecular flexibility index (Phi) is 51.7. The van der Waals surface area contributed by atoms with Crippen molar-refractivity contribution < 1.29 is 42.9 Å². The van der Waals surface area contributed by atoms with Crippen molar-refractivity contribution in [2.45, 2.75) is 225 Å². The second-order valence-corrected chi connectivity index (χ2v) is 20.2.